The molecular formula is C21H22N8O3. The quantitative estimate of drug-likeness (QED) is 0.310. The van der Waals surface area contributed by atoms with Gasteiger partial charge in [0, 0.05) is 30.4 Å². The molecule has 2 N–H and O–H groups in total. The fourth-order valence-corrected chi connectivity index (χ4v) is 3.35. The predicted octanol–water partition coefficient (Wildman–Crippen LogP) is 3.58. The minimum atomic E-state index is -0.501. The molecule has 0 atom stereocenters. The highest BCUT2D eigenvalue weighted by molar-refractivity contribution is 5.86. The second-order valence-electron chi connectivity index (χ2n) is 6.99. The van der Waals surface area contributed by atoms with Crippen LogP contribution < -0.4 is 20.4 Å². The molecule has 0 amide bonds. The van der Waals surface area contributed by atoms with Crippen molar-refractivity contribution in [1.29, 1.82) is 0 Å². The first-order chi connectivity index (χ1) is 15.6. The van der Waals surface area contributed by atoms with E-state index in [0.29, 0.717) is 17.5 Å². The van der Waals surface area contributed by atoms with Gasteiger partial charge in [-0.15, -0.1) is 0 Å². The number of nitro benzene ring substituents is 1. The number of benzene rings is 2. The van der Waals surface area contributed by atoms with Crippen LogP contribution in [0.1, 0.15) is 18.4 Å². The van der Waals surface area contributed by atoms with Crippen molar-refractivity contribution in [2.24, 2.45) is 5.10 Å². The summed E-state index contributed by atoms with van der Waals surface area (Å²) in [5, 5.41) is 18.5. The van der Waals surface area contributed by atoms with Crippen molar-refractivity contribution in [2.75, 3.05) is 35.8 Å². The van der Waals surface area contributed by atoms with E-state index in [-0.39, 0.29) is 17.4 Å². The molecule has 0 saturated carbocycles. The van der Waals surface area contributed by atoms with Crippen LogP contribution >= 0.6 is 0 Å². The lowest BCUT2D eigenvalue weighted by atomic mass is 10.2. The van der Waals surface area contributed by atoms with Crippen LogP contribution in [-0.4, -0.2) is 46.3 Å². The van der Waals surface area contributed by atoms with Crippen molar-refractivity contribution in [3.05, 3.63) is 64.2 Å². The van der Waals surface area contributed by atoms with Crippen LogP contribution in [0.2, 0.25) is 0 Å². The van der Waals surface area contributed by atoms with Crippen LogP contribution in [0.5, 0.6) is 5.75 Å². The number of nitrogens with one attached hydrogen (secondary N) is 2. The summed E-state index contributed by atoms with van der Waals surface area (Å²) in [6, 6.07) is 14.2. The molecule has 2 aromatic carbocycles. The Bertz CT molecular complexity index is 1120. The Kier molecular flexibility index (Phi) is 6.35. The zero-order valence-electron chi connectivity index (χ0n) is 17.4. The van der Waals surface area contributed by atoms with E-state index >= 15 is 0 Å². The van der Waals surface area contributed by atoms with E-state index in [0.717, 1.165) is 31.6 Å². The van der Waals surface area contributed by atoms with Gasteiger partial charge >= 0.3 is 5.69 Å². The molecule has 4 rings (SSSR count). The SMILES string of the molecule is COc1c(/C=N\Nc2nc(Nc3ccccc3)nc(N3CCCC3)n2)cccc1[N+](=O)[O-]. The summed E-state index contributed by atoms with van der Waals surface area (Å²) < 4.78 is 5.19. The molecule has 3 aromatic rings. The van der Waals surface area contributed by atoms with E-state index in [1.54, 1.807) is 12.1 Å². The molecule has 0 unspecified atom stereocenters. The minimum absolute atomic E-state index is 0.128. The third-order valence-electron chi connectivity index (χ3n) is 4.84. The molecule has 0 aliphatic carbocycles. The van der Waals surface area contributed by atoms with Crippen LogP contribution in [0.3, 0.4) is 0 Å². The minimum Gasteiger partial charge on any atom is -0.490 e. The average molecular weight is 434 g/mol. The number of rotatable bonds is 8. The highest BCUT2D eigenvalue weighted by Gasteiger charge is 2.18. The van der Waals surface area contributed by atoms with Crippen LogP contribution in [0, 0.1) is 10.1 Å². The van der Waals surface area contributed by atoms with Gasteiger partial charge in [0.2, 0.25) is 23.6 Å². The molecule has 2 heterocycles. The zero-order chi connectivity index (χ0) is 22.3. The van der Waals surface area contributed by atoms with Gasteiger partial charge in [-0.25, -0.2) is 5.43 Å². The molecule has 11 heteroatoms. The molecule has 1 aromatic heterocycles. The number of hydrazone groups is 1. The Morgan fingerprint density at radius 2 is 1.81 bits per heavy atom. The first-order valence-electron chi connectivity index (χ1n) is 10.1. The van der Waals surface area contributed by atoms with Crippen molar-refractivity contribution >= 4 is 35.4 Å². The van der Waals surface area contributed by atoms with Crippen LogP contribution in [0.25, 0.3) is 0 Å². The first kappa shape index (κ1) is 21.0. The third kappa shape index (κ3) is 4.89. The Morgan fingerprint density at radius 1 is 1.06 bits per heavy atom. The van der Waals surface area contributed by atoms with Gasteiger partial charge in [-0.05, 0) is 31.0 Å². The summed E-state index contributed by atoms with van der Waals surface area (Å²) >= 11 is 0. The van der Waals surface area contributed by atoms with Gasteiger partial charge < -0.3 is 15.0 Å². The number of ether oxygens (including phenoxy) is 1. The lowest BCUT2D eigenvalue weighted by molar-refractivity contribution is -0.385. The van der Waals surface area contributed by atoms with Gasteiger partial charge in [-0.1, -0.05) is 24.3 Å². The monoisotopic (exact) mass is 434 g/mol. The Hall–Kier alpha value is -4.28. The number of anilines is 4. The summed E-state index contributed by atoms with van der Waals surface area (Å²) in [7, 11) is 1.38. The number of nitro groups is 1. The number of aromatic nitrogens is 3. The Balaban J connectivity index is 1.59. The van der Waals surface area contributed by atoms with Crippen molar-refractivity contribution in [1.82, 2.24) is 15.0 Å². The molecular weight excluding hydrogens is 412 g/mol. The van der Waals surface area contributed by atoms with Gasteiger partial charge in [0.25, 0.3) is 0 Å². The van der Waals surface area contributed by atoms with Crippen LogP contribution in [0.4, 0.5) is 29.2 Å². The third-order valence-corrected chi connectivity index (χ3v) is 4.84. The normalized spacial score (nSPS) is 13.3. The molecule has 1 aliphatic heterocycles. The molecule has 11 nitrogen and oxygen atoms in total. The maximum absolute atomic E-state index is 11.2. The van der Waals surface area contributed by atoms with Crippen molar-refractivity contribution in [3.8, 4) is 5.75 Å². The van der Waals surface area contributed by atoms with Gasteiger partial charge in [-0.2, -0.15) is 20.1 Å². The molecule has 164 valence electrons. The molecule has 1 aliphatic rings. The van der Waals surface area contributed by atoms with E-state index in [1.165, 1.54) is 19.4 Å². The van der Waals surface area contributed by atoms with Crippen molar-refractivity contribution in [2.45, 2.75) is 12.8 Å². The maximum atomic E-state index is 11.2. The molecule has 0 spiro atoms. The van der Waals surface area contributed by atoms with Crippen molar-refractivity contribution in [3.63, 3.8) is 0 Å². The van der Waals surface area contributed by atoms with Gasteiger partial charge in [0.15, 0.2) is 0 Å². The molecule has 32 heavy (non-hydrogen) atoms. The van der Waals surface area contributed by atoms with Crippen LogP contribution in [0.15, 0.2) is 53.6 Å². The summed E-state index contributed by atoms with van der Waals surface area (Å²) in [5.74, 6) is 1.32. The molecule has 0 radical (unpaired) electrons. The Labute approximate surface area is 184 Å². The summed E-state index contributed by atoms with van der Waals surface area (Å²) in [6.45, 7) is 1.75. The summed E-state index contributed by atoms with van der Waals surface area (Å²) in [4.78, 5) is 26.2. The van der Waals surface area contributed by atoms with Crippen LogP contribution in [-0.2, 0) is 0 Å². The summed E-state index contributed by atoms with van der Waals surface area (Å²) in [5.41, 5.74) is 3.96. The lowest BCUT2D eigenvalue weighted by Crippen LogP contribution is -2.21. The molecule has 0 bridgehead atoms. The van der Waals surface area contributed by atoms with E-state index < -0.39 is 4.92 Å². The standard InChI is InChI=1S/C21H22N8O3/c1-32-18-15(8-7-11-17(18)29(30)31)14-22-27-20-24-19(23-16-9-3-2-4-10-16)25-21(26-20)28-12-5-6-13-28/h2-4,7-11,14H,5-6,12-13H2,1H3,(H2,23,24,25,26,27)/b22-14-. The smallest absolute Gasteiger partial charge is 0.311 e. The Morgan fingerprint density at radius 3 is 2.53 bits per heavy atom. The predicted molar refractivity (Wildman–Crippen MR) is 122 cm³/mol. The average Bonchev–Trinajstić information content (AvgIpc) is 3.34. The fourth-order valence-electron chi connectivity index (χ4n) is 3.35. The molecule has 1 saturated heterocycles. The highest BCUT2D eigenvalue weighted by atomic mass is 16.6. The van der Waals surface area contributed by atoms with E-state index in [2.05, 4.69) is 35.7 Å². The lowest BCUT2D eigenvalue weighted by Gasteiger charge is -2.16. The second-order valence-corrected chi connectivity index (χ2v) is 6.99. The van der Waals surface area contributed by atoms with E-state index in [9.17, 15) is 10.1 Å². The van der Waals surface area contributed by atoms with E-state index in [4.69, 9.17) is 4.74 Å². The number of nitrogens with zero attached hydrogens (tertiary/aromatic N) is 6. The van der Waals surface area contributed by atoms with E-state index in [1.807, 2.05) is 30.3 Å². The second kappa shape index (κ2) is 9.69. The number of para-hydroxylation sites is 2. The molecule has 1 fully saturated rings. The topological polar surface area (TPSA) is 131 Å². The first-order valence-corrected chi connectivity index (χ1v) is 10.1. The van der Waals surface area contributed by atoms with Gasteiger partial charge in [0.1, 0.15) is 0 Å². The zero-order valence-corrected chi connectivity index (χ0v) is 17.4. The van der Waals surface area contributed by atoms with Gasteiger partial charge in [-0.3, -0.25) is 10.1 Å². The summed E-state index contributed by atoms with van der Waals surface area (Å²) in [6.07, 6.45) is 3.59. The van der Waals surface area contributed by atoms with Gasteiger partial charge in [0.05, 0.1) is 18.2 Å². The number of methoxy groups -OCH3 is 1. The highest BCUT2D eigenvalue weighted by Crippen LogP contribution is 2.29. The number of hydrogen-bond donors (Lipinski definition) is 2. The fraction of sp³-hybridized carbons (Fsp3) is 0.238. The largest absolute Gasteiger partial charge is 0.490 e. The maximum Gasteiger partial charge on any atom is 0.311 e. The van der Waals surface area contributed by atoms with Crippen molar-refractivity contribution < 1.29 is 9.66 Å². The number of hydrogen-bond acceptors (Lipinski definition) is 10.